The van der Waals surface area contributed by atoms with Crippen LogP contribution >= 0.6 is 0 Å². The molecule has 2 fully saturated rings. The number of benzene rings is 2. The van der Waals surface area contributed by atoms with E-state index in [1.807, 2.05) is 9.80 Å². The summed E-state index contributed by atoms with van der Waals surface area (Å²) in [5, 5.41) is 16.1. The first kappa shape index (κ1) is 59.7. The fourth-order valence-electron chi connectivity index (χ4n) is 8.04. The van der Waals surface area contributed by atoms with Gasteiger partial charge in [-0.1, -0.05) is 25.3 Å². The fraction of sp³-hybridized carbons (Fsp3) is 0.283. The molecule has 6 aromatic rings. The van der Waals surface area contributed by atoms with Gasteiger partial charge in [-0.05, 0) is 79.7 Å². The molecule has 8 rings (SSSR count). The van der Waals surface area contributed by atoms with Crippen LogP contribution < -0.4 is 51.2 Å². The number of pyridine rings is 2. The van der Waals surface area contributed by atoms with Gasteiger partial charge in [-0.25, -0.2) is 14.8 Å². The number of methoxy groups -OCH3 is 2. The maximum absolute atomic E-state index is 13.8. The van der Waals surface area contributed by atoms with E-state index in [0.717, 1.165) is 12.2 Å². The molecule has 0 saturated carbocycles. The van der Waals surface area contributed by atoms with E-state index >= 15 is 0 Å². The van der Waals surface area contributed by atoms with Crippen molar-refractivity contribution in [3.63, 3.8) is 0 Å². The average Bonchev–Trinajstić information content (AvgIpc) is 3.60. The molecule has 29 heteroatoms. The van der Waals surface area contributed by atoms with Gasteiger partial charge in [-0.2, -0.15) is 46.3 Å². The van der Waals surface area contributed by atoms with E-state index < -0.39 is 46.9 Å². The Morgan fingerprint density at radius 2 is 0.976 bits per heavy atom. The summed E-state index contributed by atoms with van der Waals surface area (Å²) in [5.41, 5.74) is -0.290. The van der Waals surface area contributed by atoms with Crippen molar-refractivity contribution in [3.8, 4) is 11.8 Å². The van der Waals surface area contributed by atoms with Gasteiger partial charge < -0.3 is 65.7 Å². The molecule has 2 aliphatic rings. The molecule has 0 radical (unpaired) electrons. The van der Waals surface area contributed by atoms with E-state index in [2.05, 4.69) is 75.0 Å². The lowest BCUT2D eigenvalue weighted by Crippen LogP contribution is -2.49. The zero-order chi connectivity index (χ0) is 59.1. The summed E-state index contributed by atoms with van der Waals surface area (Å²) >= 11 is 0. The van der Waals surface area contributed by atoms with E-state index in [-0.39, 0.29) is 47.0 Å². The third-order valence-electron chi connectivity index (χ3n) is 12.1. The minimum Gasteiger partial charge on any atom is -0.479 e. The number of alkyl halides is 6. The summed E-state index contributed by atoms with van der Waals surface area (Å²) in [6, 6.07) is 19.0. The zero-order valence-corrected chi connectivity index (χ0v) is 44.6. The molecule has 0 atom stereocenters. The van der Waals surface area contributed by atoms with E-state index in [1.54, 1.807) is 65.3 Å². The molecule has 82 heavy (non-hydrogen) atoms. The summed E-state index contributed by atoms with van der Waals surface area (Å²) < 4.78 is 98.5. The van der Waals surface area contributed by atoms with Gasteiger partial charge in [0, 0.05) is 94.4 Å². The van der Waals surface area contributed by atoms with Crippen LogP contribution in [-0.4, -0.2) is 137 Å². The van der Waals surface area contributed by atoms with Crippen LogP contribution in [-0.2, 0) is 31.5 Å². The van der Waals surface area contributed by atoms with Gasteiger partial charge in [0.05, 0.1) is 20.8 Å². The van der Waals surface area contributed by atoms with Crippen molar-refractivity contribution in [1.29, 1.82) is 0 Å². The Labute approximate surface area is 465 Å². The van der Waals surface area contributed by atoms with E-state index in [9.17, 15) is 45.5 Å². The number of carbonyl (C=O) groups excluding carboxylic acids is 4. The summed E-state index contributed by atoms with van der Waals surface area (Å²) in [7, 11) is 2.83. The van der Waals surface area contributed by atoms with Gasteiger partial charge in [-0.3, -0.25) is 14.4 Å². The van der Waals surface area contributed by atoms with Crippen LogP contribution in [0.25, 0.3) is 0 Å². The highest BCUT2D eigenvalue weighted by Crippen LogP contribution is 2.38. The summed E-state index contributed by atoms with van der Waals surface area (Å²) in [4.78, 5) is 79.0. The summed E-state index contributed by atoms with van der Waals surface area (Å²) in [6.45, 7) is 14.6. The Morgan fingerprint density at radius 1 is 0.573 bits per heavy atom. The first-order chi connectivity index (χ1) is 39.2. The van der Waals surface area contributed by atoms with Crippen LogP contribution in [0.2, 0.25) is 0 Å². The number of nitrogens with zero attached hydrogens (tertiary/aromatic N) is 10. The molecule has 432 valence electrons. The second-order valence-electron chi connectivity index (χ2n) is 17.6. The Kier molecular flexibility index (Phi) is 19.5. The minimum absolute atomic E-state index is 0.0160. The molecule has 6 N–H and O–H groups in total. The van der Waals surface area contributed by atoms with Crippen LogP contribution in [0.15, 0.2) is 111 Å². The Morgan fingerprint density at radius 3 is 1.34 bits per heavy atom. The van der Waals surface area contributed by atoms with Crippen LogP contribution in [0.3, 0.4) is 0 Å². The Bertz CT molecular complexity index is 3280. The molecular weight excluding hydrogens is 1090 g/mol. The second-order valence-corrected chi connectivity index (χ2v) is 17.6. The number of anilines is 12. The van der Waals surface area contributed by atoms with E-state index in [1.165, 1.54) is 45.4 Å². The smallest absolute Gasteiger partial charge is 0.421 e. The van der Waals surface area contributed by atoms with Gasteiger partial charge in [-0.15, -0.1) is 0 Å². The zero-order valence-electron chi connectivity index (χ0n) is 44.6. The predicted octanol–water partition coefficient (Wildman–Crippen LogP) is 8.97. The lowest BCUT2D eigenvalue weighted by molar-refractivity contribution is -0.138. The number of aromatic nitrogens is 6. The topological polar surface area (TPSA) is 258 Å². The molecule has 2 aromatic carbocycles. The van der Waals surface area contributed by atoms with Gasteiger partial charge in [0.25, 0.3) is 0 Å². The summed E-state index contributed by atoms with van der Waals surface area (Å²) in [5.74, 6) is -0.602. The molecular formula is C53H56F6N16O7. The number of carbonyl (C=O) groups is 4. The van der Waals surface area contributed by atoms with Crippen molar-refractivity contribution in [1.82, 2.24) is 39.7 Å². The van der Waals surface area contributed by atoms with Crippen molar-refractivity contribution in [2.24, 2.45) is 0 Å². The van der Waals surface area contributed by atoms with Crippen LogP contribution in [0.5, 0.6) is 11.8 Å². The van der Waals surface area contributed by atoms with Crippen molar-refractivity contribution >= 4 is 93.1 Å². The van der Waals surface area contributed by atoms with Gasteiger partial charge in [0.2, 0.25) is 41.4 Å². The first-order valence-corrected chi connectivity index (χ1v) is 25.0. The molecule has 4 amide bonds. The lowest BCUT2D eigenvalue weighted by Gasteiger charge is -2.35. The predicted molar refractivity (Wildman–Crippen MR) is 295 cm³/mol. The van der Waals surface area contributed by atoms with Crippen molar-refractivity contribution in [2.45, 2.75) is 26.2 Å². The maximum atomic E-state index is 13.8. The Balaban J connectivity index is 0.000000236. The normalized spacial score (nSPS) is 13.3. The maximum Gasteiger partial charge on any atom is 0.421 e. The number of nitrogens with one attached hydrogen (secondary N) is 6. The number of rotatable bonds is 17. The van der Waals surface area contributed by atoms with Crippen LogP contribution in [0, 0.1) is 0 Å². The first-order valence-electron chi connectivity index (χ1n) is 25.0. The molecule has 4 aromatic heterocycles. The van der Waals surface area contributed by atoms with Crippen molar-refractivity contribution in [2.75, 3.05) is 115 Å². The number of ether oxygens (including phenoxy) is 3. The largest absolute Gasteiger partial charge is 0.479 e. The highest BCUT2D eigenvalue weighted by Gasteiger charge is 2.37. The van der Waals surface area contributed by atoms with Crippen molar-refractivity contribution < 1.29 is 59.7 Å². The minimum atomic E-state index is -4.74. The Hall–Kier alpha value is -9.96. The molecule has 0 spiro atoms. The number of piperazine rings is 2. The monoisotopic (exact) mass is 1140 g/mol. The molecule has 0 aliphatic carbocycles. The molecule has 0 unspecified atom stereocenters. The number of hydrogen-bond donors (Lipinski definition) is 6. The third kappa shape index (κ3) is 15.9. The van der Waals surface area contributed by atoms with Crippen LogP contribution in [0.1, 0.15) is 25.0 Å². The lowest BCUT2D eigenvalue weighted by atomic mass is 10.2. The van der Waals surface area contributed by atoms with E-state index in [0.29, 0.717) is 106 Å². The molecule has 0 bridgehead atoms. The average molecular weight is 1140 g/mol. The van der Waals surface area contributed by atoms with Crippen LogP contribution in [0.4, 0.5) is 100 Å². The standard InChI is InChI=1S/C27H29F3N8O4.C26H27F3N8O3/c1-4-22(39)32-17-7-6-8-18(15-17)33-23-19(27(28,29)30)16-31-25(36-23)34-20-9-10-21(35-24(20)41-3)37-11-13-38(14-12-37)26(40)42-5-2;1-4-22(39)31-17-6-5-7-18(14-17)32-23-19(26(27,28)29)15-30-25(35-23)33-20-8-9-21(34-24(20)40-3)37-12-10-36(11-13-37)16(2)38/h4,6-10,15-16H,1,5,11-14H2,2-3H3,(H,32,39)(H2,31,33,34,36);4-9,14-15H,1,10-13H2,2-3H3,(H,31,39)(H2,30,32,33,35). The highest BCUT2D eigenvalue weighted by atomic mass is 19.4. The quantitative estimate of drug-likeness (QED) is 0.0368. The third-order valence-corrected chi connectivity index (χ3v) is 12.1. The molecule has 2 saturated heterocycles. The van der Waals surface area contributed by atoms with Gasteiger partial charge in [0.15, 0.2) is 0 Å². The second kappa shape index (κ2) is 26.8. The number of hydrogen-bond acceptors (Lipinski definition) is 19. The van der Waals surface area contributed by atoms with Gasteiger partial charge in [0.1, 0.15) is 45.8 Å². The molecule has 2 aliphatic heterocycles. The summed E-state index contributed by atoms with van der Waals surface area (Å²) in [6.07, 6.45) is -6.35. The number of amides is 4. The highest BCUT2D eigenvalue weighted by molar-refractivity contribution is 5.99. The van der Waals surface area contributed by atoms with E-state index in [4.69, 9.17) is 14.2 Å². The SMILES string of the molecule is C=CC(=O)Nc1cccc(Nc2nc(Nc3ccc(N4CCN(C(=O)OCC)CC4)nc3OC)ncc2C(F)(F)F)c1.C=CC(=O)Nc1cccc(Nc2nc(Nc3ccc(N4CCN(C(C)=O)CC4)nc3OC)ncc2C(F)(F)F)c1. The molecule has 6 heterocycles. The fourth-order valence-corrected chi connectivity index (χ4v) is 8.04. The van der Waals surface area contributed by atoms with Gasteiger partial charge >= 0.3 is 18.4 Å². The number of halogens is 6. The molecule has 23 nitrogen and oxygen atoms in total. The van der Waals surface area contributed by atoms with Crippen molar-refractivity contribution in [3.05, 3.63) is 122 Å².